The van der Waals surface area contributed by atoms with Gasteiger partial charge in [0.2, 0.25) is 0 Å². The highest BCUT2D eigenvalue weighted by Gasteiger charge is 2.24. The van der Waals surface area contributed by atoms with Crippen LogP contribution in [0.15, 0.2) is 77.6 Å². The van der Waals surface area contributed by atoms with Gasteiger partial charge in [0.1, 0.15) is 6.61 Å². The molecule has 0 saturated heterocycles. The summed E-state index contributed by atoms with van der Waals surface area (Å²) in [5, 5.41) is 13.5. The quantitative estimate of drug-likeness (QED) is 0.529. The lowest BCUT2D eigenvalue weighted by atomic mass is 9.82. The van der Waals surface area contributed by atoms with Crippen LogP contribution in [0.3, 0.4) is 0 Å². The molecule has 0 atom stereocenters. The molecule has 1 fully saturated rings. The van der Waals surface area contributed by atoms with E-state index in [9.17, 15) is 9.59 Å². The van der Waals surface area contributed by atoms with Crippen LogP contribution in [-0.4, -0.2) is 34.1 Å². The van der Waals surface area contributed by atoms with Gasteiger partial charge in [-0.1, -0.05) is 60.7 Å². The molecule has 0 unspecified atom stereocenters. The van der Waals surface area contributed by atoms with Crippen molar-refractivity contribution in [1.82, 2.24) is 9.78 Å². The average Bonchev–Trinajstić information content (AvgIpc) is 2.83. The zero-order valence-corrected chi connectivity index (χ0v) is 18.7. The smallest absolute Gasteiger partial charge is 0.329 e. The Hall–Kier alpha value is -3.25. The van der Waals surface area contributed by atoms with E-state index in [-0.39, 0.29) is 18.1 Å². The minimum atomic E-state index is -0.932. The molecule has 172 valence electrons. The van der Waals surface area contributed by atoms with Crippen LogP contribution in [0.5, 0.6) is 0 Å². The molecule has 6 nitrogen and oxygen atoms in total. The number of carboxylic acids is 1. The highest BCUT2D eigenvalue weighted by molar-refractivity contribution is 5.67. The normalized spacial score (nSPS) is 18.3. The molecule has 1 heterocycles. The number of benzene rings is 2. The van der Waals surface area contributed by atoms with Gasteiger partial charge in [-0.05, 0) is 54.7 Å². The standard InChI is InChI=1S/C27H30N2O4/c30-25-16-15-24(27(22-7-3-1-4-8-22)23-9-5-2-6-10-23)28-29(25)17-20-11-13-21(14-12-20)18-33-19-26(31)32/h1-10,15-16,20-21,27H,11-14,17-19H2,(H,31,32)/t20-,21+. The molecule has 0 aliphatic heterocycles. The van der Waals surface area contributed by atoms with Gasteiger partial charge in [-0.3, -0.25) is 4.79 Å². The topological polar surface area (TPSA) is 81.4 Å². The molecule has 33 heavy (non-hydrogen) atoms. The largest absolute Gasteiger partial charge is 0.480 e. The van der Waals surface area contributed by atoms with E-state index in [0.717, 1.165) is 42.5 Å². The van der Waals surface area contributed by atoms with Gasteiger partial charge in [-0.25, -0.2) is 9.48 Å². The second-order valence-electron chi connectivity index (χ2n) is 8.83. The summed E-state index contributed by atoms with van der Waals surface area (Å²) in [4.78, 5) is 23.3. The second-order valence-corrected chi connectivity index (χ2v) is 8.83. The summed E-state index contributed by atoms with van der Waals surface area (Å²) in [6.45, 7) is 0.851. The van der Waals surface area contributed by atoms with Crippen molar-refractivity contribution in [1.29, 1.82) is 0 Å². The van der Waals surface area contributed by atoms with Gasteiger partial charge in [-0.2, -0.15) is 5.10 Å². The maximum atomic E-state index is 12.6. The number of nitrogens with zero attached hydrogens (tertiary/aromatic N) is 2. The molecule has 2 aromatic carbocycles. The summed E-state index contributed by atoms with van der Waals surface area (Å²) in [5.41, 5.74) is 3.07. The van der Waals surface area contributed by atoms with Crippen LogP contribution < -0.4 is 5.56 Å². The average molecular weight is 447 g/mol. The Balaban J connectivity index is 1.48. The van der Waals surface area contributed by atoms with Crippen LogP contribution >= 0.6 is 0 Å². The molecular formula is C27H30N2O4. The molecule has 3 aromatic rings. The van der Waals surface area contributed by atoms with Crippen molar-refractivity contribution >= 4 is 5.97 Å². The SMILES string of the molecule is O=C(O)COC[C@H]1CC[C@@H](Cn2nc(C(c3ccccc3)c3ccccc3)ccc2=O)CC1. The van der Waals surface area contributed by atoms with E-state index in [1.165, 1.54) is 0 Å². The fourth-order valence-corrected chi connectivity index (χ4v) is 4.71. The Morgan fingerprint density at radius 1 is 0.909 bits per heavy atom. The lowest BCUT2D eigenvalue weighted by molar-refractivity contribution is -0.142. The van der Waals surface area contributed by atoms with E-state index >= 15 is 0 Å². The molecule has 4 rings (SSSR count). The fraction of sp³-hybridized carbons (Fsp3) is 0.370. The van der Waals surface area contributed by atoms with E-state index in [4.69, 9.17) is 14.9 Å². The third kappa shape index (κ3) is 6.17. The second kappa shape index (κ2) is 11.1. The summed E-state index contributed by atoms with van der Waals surface area (Å²) in [7, 11) is 0. The molecule has 1 saturated carbocycles. The number of aliphatic carboxylic acids is 1. The van der Waals surface area contributed by atoms with Crippen LogP contribution in [0.25, 0.3) is 0 Å². The number of hydrogen-bond acceptors (Lipinski definition) is 4. The minimum Gasteiger partial charge on any atom is -0.480 e. The summed E-state index contributed by atoms with van der Waals surface area (Å²) in [5.74, 6) is -0.204. The Bertz CT molecular complexity index is 1050. The first-order chi connectivity index (χ1) is 16.1. The van der Waals surface area contributed by atoms with Crippen LogP contribution in [0.2, 0.25) is 0 Å². The van der Waals surface area contributed by atoms with E-state index in [2.05, 4.69) is 24.3 Å². The van der Waals surface area contributed by atoms with Crippen molar-refractivity contribution in [3.05, 3.63) is 100.0 Å². The predicted molar refractivity (Wildman–Crippen MR) is 126 cm³/mol. The summed E-state index contributed by atoms with van der Waals surface area (Å²) >= 11 is 0. The monoisotopic (exact) mass is 446 g/mol. The van der Waals surface area contributed by atoms with Gasteiger partial charge in [0.05, 0.1) is 18.2 Å². The Kier molecular flexibility index (Phi) is 7.68. The lowest BCUT2D eigenvalue weighted by Gasteiger charge is -2.28. The van der Waals surface area contributed by atoms with E-state index < -0.39 is 5.97 Å². The first kappa shape index (κ1) is 22.9. The van der Waals surface area contributed by atoms with Gasteiger partial charge in [0, 0.05) is 12.6 Å². The molecule has 1 N–H and O–H groups in total. The number of hydrogen-bond donors (Lipinski definition) is 1. The third-order valence-electron chi connectivity index (χ3n) is 6.43. The first-order valence-electron chi connectivity index (χ1n) is 11.6. The van der Waals surface area contributed by atoms with E-state index in [1.54, 1.807) is 10.7 Å². The van der Waals surface area contributed by atoms with Crippen molar-refractivity contribution in [3.63, 3.8) is 0 Å². The predicted octanol–water partition coefficient (Wildman–Crippen LogP) is 4.33. The highest BCUT2D eigenvalue weighted by atomic mass is 16.5. The van der Waals surface area contributed by atoms with Gasteiger partial charge in [0.25, 0.3) is 5.56 Å². The summed E-state index contributed by atoms with van der Waals surface area (Å²) in [6, 6.07) is 24.0. The molecule has 6 heteroatoms. The Morgan fingerprint density at radius 3 is 2.06 bits per heavy atom. The van der Waals surface area contributed by atoms with Crippen molar-refractivity contribution in [2.75, 3.05) is 13.2 Å². The summed E-state index contributed by atoms with van der Waals surface area (Å²) in [6.07, 6.45) is 3.94. The Morgan fingerprint density at radius 2 is 1.48 bits per heavy atom. The Labute approximate surface area is 193 Å². The van der Waals surface area contributed by atoms with Crippen LogP contribution in [0.4, 0.5) is 0 Å². The zero-order chi connectivity index (χ0) is 23.0. The summed E-state index contributed by atoms with van der Waals surface area (Å²) < 4.78 is 6.89. The molecule has 1 aromatic heterocycles. The molecular weight excluding hydrogens is 416 g/mol. The molecule has 1 aliphatic rings. The minimum absolute atomic E-state index is 0.0404. The van der Waals surface area contributed by atoms with Crippen LogP contribution in [0.1, 0.15) is 48.4 Å². The van der Waals surface area contributed by atoms with Gasteiger partial charge < -0.3 is 9.84 Å². The lowest BCUT2D eigenvalue weighted by Crippen LogP contribution is -2.30. The number of rotatable bonds is 9. The number of carboxylic acid groups (broad SMARTS) is 1. The maximum absolute atomic E-state index is 12.6. The highest BCUT2D eigenvalue weighted by Crippen LogP contribution is 2.31. The fourth-order valence-electron chi connectivity index (χ4n) is 4.71. The van der Waals surface area contributed by atoms with Gasteiger partial charge in [0.15, 0.2) is 0 Å². The van der Waals surface area contributed by atoms with E-state index in [0.29, 0.717) is 25.0 Å². The molecule has 0 bridgehead atoms. The van der Waals surface area contributed by atoms with Gasteiger partial charge >= 0.3 is 5.97 Å². The molecule has 0 spiro atoms. The third-order valence-corrected chi connectivity index (χ3v) is 6.43. The number of carbonyl (C=O) groups is 1. The maximum Gasteiger partial charge on any atom is 0.329 e. The molecule has 0 amide bonds. The van der Waals surface area contributed by atoms with Crippen molar-refractivity contribution in [2.24, 2.45) is 11.8 Å². The van der Waals surface area contributed by atoms with Crippen molar-refractivity contribution in [2.45, 2.75) is 38.1 Å². The zero-order valence-electron chi connectivity index (χ0n) is 18.7. The molecule has 0 radical (unpaired) electrons. The van der Waals surface area contributed by atoms with Crippen LogP contribution in [0, 0.1) is 11.8 Å². The van der Waals surface area contributed by atoms with E-state index in [1.807, 2.05) is 42.5 Å². The molecule has 1 aliphatic carbocycles. The van der Waals surface area contributed by atoms with Crippen molar-refractivity contribution in [3.8, 4) is 0 Å². The number of aromatic nitrogens is 2. The van der Waals surface area contributed by atoms with Crippen molar-refractivity contribution < 1.29 is 14.6 Å². The first-order valence-corrected chi connectivity index (χ1v) is 11.6. The van der Waals surface area contributed by atoms with Crippen LogP contribution in [-0.2, 0) is 16.1 Å². The number of ether oxygens (including phenoxy) is 1. The van der Waals surface area contributed by atoms with Gasteiger partial charge in [-0.15, -0.1) is 0 Å².